The number of phenolic OH excluding ortho intramolecular Hbond substituents is 1. The summed E-state index contributed by atoms with van der Waals surface area (Å²) in [5.41, 5.74) is 1.03. The molecular weight excluding hydrogens is 186 g/mol. The van der Waals surface area contributed by atoms with Crippen LogP contribution >= 0.6 is 0 Å². The zero-order chi connectivity index (χ0) is 11.1. The normalized spacial score (nSPS) is 10.9. The van der Waals surface area contributed by atoms with Crippen LogP contribution in [0.3, 0.4) is 0 Å². The number of phenols is 1. The molecule has 0 bridgehead atoms. The number of hydrogen-bond acceptors (Lipinski definition) is 2. The van der Waals surface area contributed by atoms with Gasteiger partial charge in [-0.2, -0.15) is 0 Å². The summed E-state index contributed by atoms with van der Waals surface area (Å²) < 4.78 is 0. The summed E-state index contributed by atoms with van der Waals surface area (Å²) in [5, 5.41) is 9.67. The first-order valence-corrected chi connectivity index (χ1v) is 5.77. The van der Waals surface area contributed by atoms with Crippen LogP contribution in [0.15, 0.2) is 24.3 Å². The van der Waals surface area contributed by atoms with Crippen LogP contribution in [-0.2, 0) is 6.54 Å². The lowest BCUT2D eigenvalue weighted by Gasteiger charge is -2.21. The van der Waals surface area contributed by atoms with Crippen molar-refractivity contribution >= 4 is 0 Å². The highest BCUT2D eigenvalue weighted by Crippen LogP contribution is 2.17. The Bertz CT molecular complexity index is 280. The van der Waals surface area contributed by atoms with Crippen molar-refractivity contribution < 1.29 is 5.11 Å². The van der Waals surface area contributed by atoms with Crippen molar-refractivity contribution in [2.24, 2.45) is 0 Å². The SMILES string of the molecule is CCCN(CCC)Cc1ccccc1O. The smallest absolute Gasteiger partial charge is 0.120 e. The van der Waals surface area contributed by atoms with Gasteiger partial charge in [-0.05, 0) is 32.0 Å². The van der Waals surface area contributed by atoms with Crippen molar-refractivity contribution in [3.05, 3.63) is 29.8 Å². The molecule has 0 atom stereocenters. The topological polar surface area (TPSA) is 23.5 Å². The van der Waals surface area contributed by atoms with E-state index < -0.39 is 0 Å². The highest BCUT2D eigenvalue weighted by molar-refractivity contribution is 5.31. The molecule has 2 heteroatoms. The average molecular weight is 207 g/mol. The molecule has 0 aliphatic carbocycles. The van der Waals surface area contributed by atoms with E-state index >= 15 is 0 Å². The fraction of sp³-hybridized carbons (Fsp3) is 0.538. The summed E-state index contributed by atoms with van der Waals surface area (Å²) >= 11 is 0. The third kappa shape index (κ3) is 3.92. The molecular formula is C13H21NO. The lowest BCUT2D eigenvalue weighted by molar-refractivity contribution is 0.263. The van der Waals surface area contributed by atoms with E-state index in [1.807, 2.05) is 18.2 Å². The second-order valence-corrected chi connectivity index (χ2v) is 3.90. The van der Waals surface area contributed by atoms with Crippen molar-refractivity contribution in [1.29, 1.82) is 0 Å². The standard InChI is InChI=1S/C13H21NO/c1-3-9-14(10-4-2)11-12-7-5-6-8-13(12)15/h5-8,15H,3-4,9-11H2,1-2H3. The van der Waals surface area contributed by atoms with Gasteiger partial charge < -0.3 is 5.11 Å². The molecule has 0 radical (unpaired) electrons. The third-order valence-corrected chi connectivity index (χ3v) is 2.47. The molecule has 0 unspecified atom stereocenters. The van der Waals surface area contributed by atoms with Gasteiger partial charge in [0.25, 0.3) is 0 Å². The van der Waals surface area contributed by atoms with E-state index in [0.717, 1.165) is 38.0 Å². The zero-order valence-electron chi connectivity index (χ0n) is 9.74. The van der Waals surface area contributed by atoms with E-state index in [9.17, 15) is 5.11 Å². The lowest BCUT2D eigenvalue weighted by atomic mass is 10.2. The van der Waals surface area contributed by atoms with E-state index in [0.29, 0.717) is 5.75 Å². The largest absolute Gasteiger partial charge is 0.508 e. The number of aromatic hydroxyl groups is 1. The van der Waals surface area contributed by atoms with Crippen molar-refractivity contribution in [3.8, 4) is 5.75 Å². The van der Waals surface area contributed by atoms with Crippen LogP contribution in [0.1, 0.15) is 32.3 Å². The number of para-hydroxylation sites is 1. The molecule has 0 aromatic heterocycles. The van der Waals surface area contributed by atoms with Crippen LogP contribution in [-0.4, -0.2) is 23.1 Å². The first-order valence-electron chi connectivity index (χ1n) is 5.77. The Morgan fingerprint density at radius 2 is 1.67 bits per heavy atom. The lowest BCUT2D eigenvalue weighted by Crippen LogP contribution is -2.24. The van der Waals surface area contributed by atoms with Crippen LogP contribution < -0.4 is 0 Å². The Kier molecular flexibility index (Phi) is 5.19. The summed E-state index contributed by atoms with van der Waals surface area (Å²) in [6, 6.07) is 7.59. The van der Waals surface area contributed by atoms with Crippen LogP contribution in [0.25, 0.3) is 0 Å². The minimum atomic E-state index is 0.412. The van der Waals surface area contributed by atoms with Gasteiger partial charge in [0.15, 0.2) is 0 Å². The van der Waals surface area contributed by atoms with Gasteiger partial charge in [-0.1, -0.05) is 32.0 Å². The van der Waals surface area contributed by atoms with Gasteiger partial charge in [-0.3, -0.25) is 4.90 Å². The maximum atomic E-state index is 9.67. The molecule has 15 heavy (non-hydrogen) atoms. The Morgan fingerprint density at radius 1 is 1.07 bits per heavy atom. The summed E-state index contributed by atoms with van der Waals surface area (Å²) in [4.78, 5) is 2.38. The van der Waals surface area contributed by atoms with E-state index in [-0.39, 0.29) is 0 Å². The Hall–Kier alpha value is -1.02. The number of nitrogens with zero attached hydrogens (tertiary/aromatic N) is 1. The second kappa shape index (κ2) is 6.46. The predicted octanol–water partition coefficient (Wildman–Crippen LogP) is 3.01. The molecule has 1 aromatic rings. The maximum Gasteiger partial charge on any atom is 0.120 e. The predicted molar refractivity (Wildman–Crippen MR) is 64.0 cm³/mol. The van der Waals surface area contributed by atoms with Gasteiger partial charge in [-0.25, -0.2) is 0 Å². The average Bonchev–Trinajstić information content (AvgIpc) is 2.22. The first-order chi connectivity index (χ1) is 7.27. The number of hydrogen-bond donors (Lipinski definition) is 1. The summed E-state index contributed by atoms with van der Waals surface area (Å²) in [6.45, 7) is 7.43. The minimum absolute atomic E-state index is 0.412. The first kappa shape index (κ1) is 12.1. The Labute approximate surface area is 92.5 Å². The molecule has 0 saturated carbocycles. The van der Waals surface area contributed by atoms with Crippen molar-refractivity contribution in [1.82, 2.24) is 4.90 Å². The van der Waals surface area contributed by atoms with E-state index in [4.69, 9.17) is 0 Å². The van der Waals surface area contributed by atoms with Crippen LogP contribution in [0.2, 0.25) is 0 Å². The third-order valence-electron chi connectivity index (χ3n) is 2.47. The van der Waals surface area contributed by atoms with Gasteiger partial charge in [0.05, 0.1) is 0 Å². The van der Waals surface area contributed by atoms with Crippen LogP contribution in [0, 0.1) is 0 Å². The molecule has 1 aromatic carbocycles. The number of benzene rings is 1. The molecule has 0 heterocycles. The summed E-state index contributed by atoms with van der Waals surface area (Å²) in [7, 11) is 0. The van der Waals surface area contributed by atoms with Crippen molar-refractivity contribution in [2.75, 3.05) is 13.1 Å². The fourth-order valence-electron chi connectivity index (χ4n) is 1.79. The zero-order valence-corrected chi connectivity index (χ0v) is 9.74. The monoisotopic (exact) mass is 207 g/mol. The molecule has 84 valence electrons. The maximum absolute atomic E-state index is 9.67. The fourth-order valence-corrected chi connectivity index (χ4v) is 1.79. The van der Waals surface area contributed by atoms with Crippen LogP contribution in [0.5, 0.6) is 5.75 Å². The molecule has 0 aliphatic rings. The molecule has 2 nitrogen and oxygen atoms in total. The molecule has 0 aliphatic heterocycles. The highest BCUT2D eigenvalue weighted by Gasteiger charge is 2.06. The van der Waals surface area contributed by atoms with E-state index in [1.165, 1.54) is 0 Å². The molecule has 0 amide bonds. The second-order valence-electron chi connectivity index (χ2n) is 3.90. The Balaban J connectivity index is 2.60. The minimum Gasteiger partial charge on any atom is -0.508 e. The van der Waals surface area contributed by atoms with E-state index in [2.05, 4.69) is 18.7 Å². The van der Waals surface area contributed by atoms with Crippen LogP contribution in [0.4, 0.5) is 0 Å². The quantitative estimate of drug-likeness (QED) is 0.775. The van der Waals surface area contributed by atoms with Gasteiger partial charge >= 0.3 is 0 Å². The molecule has 1 N–H and O–H groups in total. The summed E-state index contributed by atoms with van der Waals surface area (Å²) in [6.07, 6.45) is 2.32. The van der Waals surface area contributed by atoms with Crippen molar-refractivity contribution in [2.45, 2.75) is 33.2 Å². The van der Waals surface area contributed by atoms with Gasteiger partial charge in [0, 0.05) is 12.1 Å². The highest BCUT2D eigenvalue weighted by atomic mass is 16.3. The molecule has 1 rings (SSSR count). The molecule has 0 spiro atoms. The molecule has 0 saturated heterocycles. The summed E-state index contributed by atoms with van der Waals surface area (Å²) in [5.74, 6) is 0.412. The number of rotatable bonds is 6. The van der Waals surface area contributed by atoms with Gasteiger partial charge in [0.2, 0.25) is 0 Å². The van der Waals surface area contributed by atoms with Crippen molar-refractivity contribution in [3.63, 3.8) is 0 Å². The van der Waals surface area contributed by atoms with E-state index in [1.54, 1.807) is 6.07 Å². The molecule has 0 fully saturated rings. The Morgan fingerprint density at radius 3 is 2.20 bits per heavy atom. The van der Waals surface area contributed by atoms with Gasteiger partial charge in [-0.15, -0.1) is 0 Å². The van der Waals surface area contributed by atoms with Gasteiger partial charge in [0.1, 0.15) is 5.75 Å².